The van der Waals surface area contributed by atoms with Gasteiger partial charge in [-0.05, 0) is 114 Å². The van der Waals surface area contributed by atoms with Crippen molar-refractivity contribution in [2.45, 2.75) is 127 Å². The fraction of sp³-hybridized carbons (Fsp3) is 0.483. The van der Waals surface area contributed by atoms with Crippen molar-refractivity contribution in [3.63, 3.8) is 0 Å². The van der Waals surface area contributed by atoms with Gasteiger partial charge >= 0.3 is 12.2 Å². The first-order valence-electron chi connectivity index (χ1n) is 27.1. The number of rotatable bonds is 23. The Bertz CT molecular complexity index is 2550. The van der Waals surface area contributed by atoms with Crippen LogP contribution >= 0.6 is 0 Å². The topological polar surface area (TPSA) is 219 Å². The van der Waals surface area contributed by atoms with Gasteiger partial charge in [-0.15, -0.1) is 0 Å². The van der Waals surface area contributed by atoms with Gasteiger partial charge < -0.3 is 59.5 Å². The zero-order valence-corrected chi connectivity index (χ0v) is 45.8. The van der Waals surface area contributed by atoms with E-state index in [4.69, 9.17) is 28.4 Å². The highest BCUT2D eigenvalue weighted by molar-refractivity contribution is 5.91. The molecule has 4 heterocycles. The molecule has 0 saturated carbocycles. The van der Waals surface area contributed by atoms with Crippen LogP contribution in [0, 0.1) is 11.6 Å². The molecule has 0 aliphatic carbocycles. The highest BCUT2D eigenvalue weighted by Crippen LogP contribution is 2.37. The first kappa shape index (κ1) is 58.7. The van der Waals surface area contributed by atoms with Gasteiger partial charge in [0.2, 0.25) is 23.6 Å². The molecular formula is C58H72F2N8O12. The summed E-state index contributed by atoms with van der Waals surface area (Å²) < 4.78 is 64.8. The van der Waals surface area contributed by atoms with Crippen LogP contribution in [0.1, 0.15) is 51.7 Å². The van der Waals surface area contributed by atoms with E-state index >= 15 is 0 Å². The first-order valence-corrected chi connectivity index (χ1v) is 27.1. The molecule has 0 radical (unpaired) electrons. The monoisotopic (exact) mass is 1110 g/mol. The Morgan fingerprint density at radius 1 is 0.525 bits per heavy atom. The summed E-state index contributed by atoms with van der Waals surface area (Å²) in [5.74, 6) is -2.19. The maximum absolute atomic E-state index is 15.0. The molecule has 4 fully saturated rings. The van der Waals surface area contributed by atoms with E-state index in [0.29, 0.717) is 24.3 Å². The zero-order chi connectivity index (χ0) is 57.0. The van der Waals surface area contributed by atoms with Crippen LogP contribution in [0.5, 0.6) is 11.5 Å². The fourth-order valence-corrected chi connectivity index (χ4v) is 10.8. The number of likely N-dealkylation sites (tertiary alicyclic amines) is 4. The van der Waals surface area contributed by atoms with Crippen LogP contribution in [-0.4, -0.2) is 182 Å². The Kier molecular flexibility index (Phi) is 20.0. The number of carbonyl (C=O) groups is 6. The maximum atomic E-state index is 15.0. The number of hydrogen-bond acceptors (Lipinski definition) is 14. The van der Waals surface area contributed by atoms with Crippen LogP contribution in [0.4, 0.5) is 18.4 Å². The van der Waals surface area contributed by atoms with Gasteiger partial charge in [-0.1, -0.05) is 60.7 Å². The molecule has 4 aliphatic rings. The van der Waals surface area contributed by atoms with Crippen molar-refractivity contribution in [3.05, 3.63) is 132 Å². The second-order valence-electron chi connectivity index (χ2n) is 20.5. The van der Waals surface area contributed by atoms with E-state index in [0.717, 1.165) is 11.1 Å². The molecule has 0 bridgehead atoms. The number of nitrogens with one attached hydrogen (secondary N) is 4. The van der Waals surface area contributed by atoms with Gasteiger partial charge in [0.05, 0.1) is 74.8 Å². The lowest BCUT2D eigenvalue weighted by atomic mass is 10.1. The van der Waals surface area contributed by atoms with Crippen molar-refractivity contribution in [1.29, 1.82) is 0 Å². The molecule has 20 nitrogen and oxygen atoms in total. The summed E-state index contributed by atoms with van der Waals surface area (Å²) in [6.45, 7) is 6.88. The Balaban J connectivity index is 0.960. The molecule has 4 aliphatic heterocycles. The van der Waals surface area contributed by atoms with Crippen LogP contribution in [0.25, 0.3) is 0 Å². The van der Waals surface area contributed by atoms with E-state index in [1.54, 1.807) is 61.4 Å². The molecule has 4 aromatic rings. The molecule has 8 rings (SSSR count). The molecule has 80 heavy (non-hydrogen) atoms. The molecule has 0 aromatic heterocycles. The summed E-state index contributed by atoms with van der Waals surface area (Å²) in [5.41, 5.74) is 1.59. The number of amides is 6. The van der Waals surface area contributed by atoms with Crippen LogP contribution in [0.3, 0.4) is 0 Å². The molecule has 12 atom stereocenters. The molecule has 4 saturated heterocycles. The smallest absolute Gasteiger partial charge is 0.410 e. The highest BCUT2D eigenvalue weighted by atomic mass is 19.1. The van der Waals surface area contributed by atoms with Crippen molar-refractivity contribution in [1.82, 2.24) is 40.9 Å². The molecule has 0 unspecified atom stereocenters. The van der Waals surface area contributed by atoms with Crippen LogP contribution in [0.2, 0.25) is 0 Å². The Hall–Kier alpha value is -7.40. The van der Waals surface area contributed by atoms with Crippen molar-refractivity contribution in [3.8, 4) is 11.5 Å². The number of carbonyl (C=O) groups excluding carboxylic acids is 6. The summed E-state index contributed by atoms with van der Waals surface area (Å²) in [6.07, 6.45) is -3.88. The Morgan fingerprint density at radius 2 is 0.887 bits per heavy atom. The van der Waals surface area contributed by atoms with E-state index in [-0.39, 0.29) is 52.6 Å². The van der Waals surface area contributed by atoms with Crippen LogP contribution in [-0.2, 0) is 51.3 Å². The highest BCUT2D eigenvalue weighted by Gasteiger charge is 2.56. The van der Waals surface area contributed by atoms with E-state index in [1.165, 1.54) is 48.5 Å². The zero-order valence-electron chi connectivity index (χ0n) is 45.8. The van der Waals surface area contributed by atoms with Crippen molar-refractivity contribution < 1.29 is 66.0 Å². The van der Waals surface area contributed by atoms with E-state index in [2.05, 4.69) is 21.3 Å². The van der Waals surface area contributed by atoms with E-state index in [9.17, 15) is 37.5 Å². The predicted molar refractivity (Wildman–Crippen MR) is 288 cm³/mol. The summed E-state index contributed by atoms with van der Waals surface area (Å²) in [6, 6.07) is 23.0. The van der Waals surface area contributed by atoms with Gasteiger partial charge in [-0.2, -0.15) is 0 Å². The van der Waals surface area contributed by atoms with E-state index in [1.807, 2.05) is 60.7 Å². The second-order valence-corrected chi connectivity index (χ2v) is 20.5. The van der Waals surface area contributed by atoms with Crippen molar-refractivity contribution in [2.24, 2.45) is 0 Å². The molecule has 4 aromatic carbocycles. The minimum absolute atomic E-state index is 0.0274. The van der Waals surface area contributed by atoms with Crippen LogP contribution in [0.15, 0.2) is 109 Å². The Labute approximate surface area is 464 Å². The summed E-state index contributed by atoms with van der Waals surface area (Å²) in [5, 5.41) is 11.5. The van der Waals surface area contributed by atoms with Gasteiger partial charge in [-0.3, -0.25) is 29.0 Å². The quantitative estimate of drug-likeness (QED) is 0.0758. The normalized spacial score (nSPS) is 22.5. The standard InChI is InChI=1S/C58H72F2N8O12/c1-35(61-5)53(69)63-49(55(71)65-27-25-45-51(65)47(79-43-21-17-41(59)18-22-43)31-67(45)57(73)77-33-39-13-9-7-10-14-39)37(3)75-29-30-76-38(4)50(64-54(70)36(2)62-6)56(72)66-28-26-46-52(66)48(80-44-23-19-42(60)20-24-44)32-68(46)58(74)78-34-40-15-11-8-12-16-40/h7-24,35-38,45-52,61-62H,25-34H2,1-6H3,(H,63,69)(H,64,70)/t35-,36-,37+,38+,45+,46+,47-,48-,49-,50-,51-,52-/m0/s1. The number of halogens is 2. The molecule has 6 amide bonds. The molecule has 4 N–H and O–H groups in total. The molecular weight excluding hydrogens is 1040 g/mol. The van der Waals surface area contributed by atoms with Gasteiger partial charge in [0.1, 0.15) is 60.6 Å². The summed E-state index contributed by atoms with van der Waals surface area (Å²) >= 11 is 0. The fourth-order valence-electron chi connectivity index (χ4n) is 10.8. The number of nitrogens with zero attached hydrogens (tertiary/aromatic N) is 4. The molecule has 430 valence electrons. The third-order valence-electron chi connectivity index (χ3n) is 15.4. The largest absolute Gasteiger partial charge is 0.486 e. The second kappa shape index (κ2) is 27.2. The average Bonchev–Trinajstić information content (AvgIpc) is 4.30. The third-order valence-corrected chi connectivity index (χ3v) is 15.4. The Morgan fingerprint density at radius 3 is 1.24 bits per heavy atom. The molecule has 22 heteroatoms. The lowest BCUT2D eigenvalue weighted by Gasteiger charge is -2.34. The number of fused-ring (bicyclic) bond motifs is 2. The van der Waals surface area contributed by atoms with Crippen LogP contribution < -0.4 is 30.7 Å². The first-order chi connectivity index (χ1) is 38.5. The maximum Gasteiger partial charge on any atom is 0.410 e. The van der Waals surface area contributed by atoms with Gasteiger partial charge in [0.25, 0.3) is 0 Å². The lowest BCUT2D eigenvalue weighted by molar-refractivity contribution is -0.145. The number of ether oxygens (including phenoxy) is 6. The number of likely N-dealkylation sites (N-methyl/N-ethyl adjacent to an activating group) is 2. The van der Waals surface area contributed by atoms with Crippen molar-refractivity contribution in [2.75, 3.05) is 53.5 Å². The SMILES string of the molecule is CN[C@@H](C)C(=O)N[C@H](C(=O)N1CC[C@@H]2[C@H]1[C@@H](Oc1ccc(F)cc1)CN2C(=O)OCc1ccccc1)[C@@H](C)OCCO[C@H](C)[C@H](NC(=O)[C@H](C)NC)C(=O)N1CC[C@@H]2[C@H]1[C@@H](Oc1ccc(F)cc1)CN2C(=O)OCc1ccccc1. The van der Waals surface area contributed by atoms with E-state index < -0.39 is 120 Å². The third kappa shape index (κ3) is 14.1. The van der Waals surface area contributed by atoms with Gasteiger partial charge in [0.15, 0.2) is 0 Å². The van der Waals surface area contributed by atoms with Gasteiger partial charge in [0, 0.05) is 13.1 Å². The predicted octanol–water partition coefficient (Wildman–Crippen LogP) is 4.40. The summed E-state index contributed by atoms with van der Waals surface area (Å²) in [4.78, 5) is 90.9. The number of benzene rings is 4. The average molecular weight is 1110 g/mol. The minimum atomic E-state index is -1.24. The minimum Gasteiger partial charge on any atom is -0.486 e. The summed E-state index contributed by atoms with van der Waals surface area (Å²) in [7, 11) is 3.22. The lowest BCUT2D eigenvalue weighted by Crippen LogP contribution is -2.60. The number of hydrogen-bond donors (Lipinski definition) is 4. The molecule has 0 spiro atoms. The van der Waals surface area contributed by atoms with Gasteiger partial charge in [-0.25, -0.2) is 18.4 Å². The van der Waals surface area contributed by atoms with Crippen molar-refractivity contribution >= 4 is 35.8 Å².